The van der Waals surface area contributed by atoms with Crippen LogP contribution in [0.5, 0.6) is 11.5 Å². The predicted molar refractivity (Wildman–Crippen MR) is 117 cm³/mol. The van der Waals surface area contributed by atoms with E-state index in [1.807, 2.05) is 4.90 Å². The largest absolute Gasteiger partial charge is 0.486 e. The van der Waals surface area contributed by atoms with E-state index in [-0.39, 0.29) is 17.5 Å². The summed E-state index contributed by atoms with van der Waals surface area (Å²) in [7, 11) is 0. The lowest BCUT2D eigenvalue weighted by molar-refractivity contribution is 0.1000. The van der Waals surface area contributed by atoms with E-state index in [0.717, 1.165) is 42.7 Å². The number of fused-ring (bicyclic) bond motifs is 3. The van der Waals surface area contributed by atoms with Gasteiger partial charge in [-0.25, -0.2) is 4.79 Å². The third-order valence-electron chi connectivity index (χ3n) is 6.90. The van der Waals surface area contributed by atoms with Gasteiger partial charge in [-0.05, 0) is 61.2 Å². The number of amides is 3. The lowest BCUT2D eigenvalue weighted by atomic mass is 9.71. The van der Waals surface area contributed by atoms with E-state index in [1.54, 1.807) is 24.3 Å². The predicted octanol–water partition coefficient (Wildman–Crippen LogP) is 3.98. The third kappa shape index (κ3) is 3.38. The molecule has 2 aromatic carbocycles. The number of nitrogens with zero attached hydrogens (tertiary/aromatic N) is 1. The molecule has 1 aliphatic carbocycles. The Morgan fingerprint density at radius 1 is 1.10 bits per heavy atom. The third-order valence-corrected chi connectivity index (χ3v) is 6.90. The number of carbonyl (C=O) groups is 2. The fraction of sp³-hybridized carbons (Fsp3) is 0.417. The number of benzene rings is 2. The van der Waals surface area contributed by atoms with Crippen molar-refractivity contribution in [3.8, 4) is 11.5 Å². The lowest BCUT2D eigenvalue weighted by Crippen LogP contribution is -2.50. The van der Waals surface area contributed by atoms with Crippen molar-refractivity contribution in [3.63, 3.8) is 0 Å². The topological polar surface area (TPSA) is 93.9 Å². The highest BCUT2D eigenvalue weighted by molar-refractivity contribution is 5.96. The van der Waals surface area contributed by atoms with Crippen molar-refractivity contribution in [1.82, 2.24) is 4.90 Å². The summed E-state index contributed by atoms with van der Waals surface area (Å²) >= 11 is 0. The average Bonchev–Trinajstić information content (AvgIpc) is 3.25. The fourth-order valence-electron chi connectivity index (χ4n) is 5.30. The quantitative estimate of drug-likeness (QED) is 0.767. The summed E-state index contributed by atoms with van der Waals surface area (Å²) in [5, 5.41) is 2.96. The molecule has 2 aliphatic heterocycles. The molecule has 1 saturated carbocycles. The molecule has 0 aromatic heterocycles. The van der Waals surface area contributed by atoms with Gasteiger partial charge in [0, 0.05) is 23.2 Å². The van der Waals surface area contributed by atoms with Gasteiger partial charge in [-0.3, -0.25) is 4.79 Å². The molecule has 1 spiro atoms. The van der Waals surface area contributed by atoms with Crippen LogP contribution in [-0.4, -0.2) is 36.6 Å². The molecule has 3 amide bonds. The highest BCUT2D eigenvalue weighted by atomic mass is 16.6. The van der Waals surface area contributed by atoms with Crippen molar-refractivity contribution >= 4 is 17.6 Å². The van der Waals surface area contributed by atoms with Crippen LogP contribution >= 0.6 is 0 Å². The minimum atomic E-state index is -0.520. The summed E-state index contributed by atoms with van der Waals surface area (Å²) in [5.74, 6) is 1.04. The molecule has 1 fully saturated rings. The van der Waals surface area contributed by atoms with Crippen molar-refractivity contribution < 1.29 is 19.1 Å². The number of anilines is 1. The second kappa shape index (κ2) is 7.48. The van der Waals surface area contributed by atoms with Gasteiger partial charge in [-0.2, -0.15) is 0 Å². The first kappa shape index (κ1) is 19.7. The van der Waals surface area contributed by atoms with Gasteiger partial charge in [0.05, 0.1) is 6.04 Å². The zero-order chi connectivity index (χ0) is 21.6. The number of hydrogen-bond acceptors (Lipinski definition) is 4. The maximum Gasteiger partial charge on any atom is 0.322 e. The molecule has 1 atom stereocenters. The molecule has 7 heteroatoms. The van der Waals surface area contributed by atoms with E-state index in [0.29, 0.717) is 31.0 Å². The van der Waals surface area contributed by atoms with Crippen molar-refractivity contribution in [3.05, 3.63) is 53.1 Å². The van der Waals surface area contributed by atoms with Gasteiger partial charge in [-0.15, -0.1) is 0 Å². The van der Waals surface area contributed by atoms with Crippen LogP contribution in [0.2, 0.25) is 0 Å². The second-order valence-corrected chi connectivity index (χ2v) is 8.75. The van der Waals surface area contributed by atoms with E-state index in [1.165, 1.54) is 5.56 Å². The number of primary amides is 1. The molecule has 5 rings (SSSR count). The summed E-state index contributed by atoms with van der Waals surface area (Å²) in [4.78, 5) is 26.7. The van der Waals surface area contributed by atoms with Crippen LogP contribution in [0.15, 0.2) is 36.4 Å². The molecule has 3 N–H and O–H groups in total. The minimum Gasteiger partial charge on any atom is -0.486 e. The SMILES string of the molecule is CC1c2cc3c(cc2C2(CCCC2)CN1C(=O)Nc1cccc(C(N)=O)c1)OCCO3. The first-order chi connectivity index (χ1) is 15.0. The molecular formula is C24H27N3O4. The molecule has 162 valence electrons. The smallest absolute Gasteiger partial charge is 0.322 e. The Morgan fingerprint density at radius 3 is 2.52 bits per heavy atom. The maximum absolute atomic E-state index is 13.3. The molecule has 31 heavy (non-hydrogen) atoms. The van der Waals surface area contributed by atoms with Gasteiger partial charge in [0.15, 0.2) is 11.5 Å². The van der Waals surface area contributed by atoms with Crippen LogP contribution in [-0.2, 0) is 5.41 Å². The van der Waals surface area contributed by atoms with Crippen LogP contribution in [0, 0.1) is 0 Å². The molecule has 3 aliphatic rings. The molecule has 0 radical (unpaired) electrons. The number of nitrogens with two attached hydrogens (primary N) is 1. The Morgan fingerprint density at radius 2 is 1.81 bits per heavy atom. The normalized spacial score (nSPS) is 20.9. The Kier molecular flexibility index (Phi) is 4.76. The van der Waals surface area contributed by atoms with Gasteiger partial charge in [-0.1, -0.05) is 18.9 Å². The number of carbonyl (C=O) groups excluding carboxylic acids is 2. The number of hydrogen-bond donors (Lipinski definition) is 2. The van der Waals surface area contributed by atoms with E-state index in [4.69, 9.17) is 15.2 Å². The van der Waals surface area contributed by atoms with Crippen molar-refractivity contribution in [2.45, 2.75) is 44.1 Å². The number of urea groups is 1. The Labute approximate surface area is 181 Å². The second-order valence-electron chi connectivity index (χ2n) is 8.75. The fourth-order valence-corrected chi connectivity index (χ4v) is 5.30. The Balaban J connectivity index is 1.49. The van der Waals surface area contributed by atoms with Gasteiger partial charge in [0.1, 0.15) is 13.2 Å². The van der Waals surface area contributed by atoms with Gasteiger partial charge >= 0.3 is 6.03 Å². The maximum atomic E-state index is 13.3. The number of rotatable bonds is 2. The van der Waals surface area contributed by atoms with Gasteiger partial charge in [0.2, 0.25) is 5.91 Å². The van der Waals surface area contributed by atoms with Crippen molar-refractivity contribution in [1.29, 1.82) is 0 Å². The monoisotopic (exact) mass is 421 g/mol. The van der Waals surface area contributed by atoms with Crippen LogP contribution in [0.3, 0.4) is 0 Å². The Bertz CT molecular complexity index is 1050. The summed E-state index contributed by atoms with van der Waals surface area (Å²) in [6, 6.07) is 10.6. The van der Waals surface area contributed by atoms with Crippen molar-refractivity contribution in [2.75, 3.05) is 25.1 Å². The molecule has 7 nitrogen and oxygen atoms in total. The zero-order valence-electron chi connectivity index (χ0n) is 17.6. The Hall–Kier alpha value is -3.22. The van der Waals surface area contributed by atoms with E-state index < -0.39 is 5.91 Å². The van der Waals surface area contributed by atoms with Crippen molar-refractivity contribution in [2.24, 2.45) is 5.73 Å². The molecular weight excluding hydrogens is 394 g/mol. The first-order valence-electron chi connectivity index (χ1n) is 10.9. The molecule has 2 aromatic rings. The summed E-state index contributed by atoms with van der Waals surface area (Å²) in [6.07, 6.45) is 4.40. The lowest BCUT2D eigenvalue weighted by Gasteiger charge is -2.46. The van der Waals surface area contributed by atoms with Crippen LogP contribution in [0.4, 0.5) is 10.5 Å². The average molecular weight is 421 g/mol. The van der Waals surface area contributed by atoms with Gasteiger partial charge in [0.25, 0.3) is 0 Å². The zero-order valence-corrected chi connectivity index (χ0v) is 17.6. The van der Waals surface area contributed by atoms with E-state index in [9.17, 15) is 9.59 Å². The summed E-state index contributed by atoms with van der Waals surface area (Å²) < 4.78 is 11.7. The van der Waals surface area contributed by atoms with E-state index >= 15 is 0 Å². The summed E-state index contributed by atoms with van der Waals surface area (Å²) in [5.41, 5.74) is 8.66. The molecule has 0 bridgehead atoms. The standard InChI is InChI=1S/C24H27N3O4/c1-15-18-12-20-21(31-10-9-30-20)13-19(18)24(7-2-3-8-24)14-27(15)23(29)26-17-6-4-5-16(11-17)22(25)28/h4-6,11-13,15H,2-3,7-10,14H2,1H3,(H2,25,28)(H,26,29). The van der Waals surface area contributed by atoms with Gasteiger partial charge < -0.3 is 25.4 Å². The first-order valence-corrected chi connectivity index (χ1v) is 10.9. The number of nitrogens with one attached hydrogen (secondary N) is 1. The van der Waals surface area contributed by atoms with Crippen LogP contribution in [0.25, 0.3) is 0 Å². The molecule has 0 saturated heterocycles. The highest BCUT2D eigenvalue weighted by Gasteiger charge is 2.46. The van der Waals surface area contributed by atoms with Crippen LogP contribution in [0.1, 0.15) is 60.1 Å². The van der Waals surface area contributed by atoms with Crippen LogP contribution < -0.4 is 20.5 Å². The number of ether oxygens (including phenoxy) is 2. The molecule has 2 heterocycles. The van der Waals surface area contributed by atoms with E-state index in [2.05, 4.69) is 24.4 Å². The highest BCUT2D eigenvalue weighted by Crippen LogP contribution is 2.52. The summed E-state index contributed by atoms with van der Waals surface area (Å²) in [6.45, 7) is 3.80. The molecule has 1 unspecified atom stereocenters. The minimum absolute atomic E-state index is 0.0654.